The molecule has 2 aromatic rings. The van der Waals surface area contributed by atoms with Gasteiger partial charge in [0.2, 0.25) is 5.91 Å². The highest BCUT2D eigenvalue weighted by Gasteiger charge is 2.26. The molecule has 1 aliphatic rings. The summed E-state index contributed by atoms with van der Waals surface area (Å²) in [6, 6.07) is 7.78. The molecule has 0 atom stereocenters. The molecule has 3 N–H and O–H groups in total. The molecule has 2 heterocycles. The highest BCUT2D eigenvalue weighted by molar-refractivity contribution is 5.88. The van der Waals surface area contributed by atoms with Gasteiger partial charge >= 0.3 is 6.09 Å². The summed E-state index contributed by atoms with van der Waals surface area (Å²) >= 11 is 0. The predicted molar refractivity (Wildman–Crippen MR) is 73.3 cm³/mol. The fraction of sp³-hybridized carbons (Fsp3) is 0.286. The minimum absolute atomic E-state index is 0.0727. The van der Waals surface area contributed by atoms with E-state index in [0.717, 1.165) is 22.2 Å². The van der Waals surface area contributed by atoms with Crippen LogP contribution in [-0.2, 0) is 24.3 Å². The number of carboxylic acid groups (broad SMARTS) is 1. The van der Waals surface area contributed by atoms with E-state index >= 15 is 0 Å². The van der Waals surface area contributed by atoms with Crippen molar-refractivity contribution in [1.82, 2.24) is 9.47 Å². The number of carbonyl (C=O) groups excluding carboxylic acids is 1. The van der Waals surface area contributed by atoms with E-state index in [0.29, 0.717) is 19.5 Å². The third-order valence-corrected chi connectivity index (χ3v) is 3.75. The SMILES string of the molecule is NC(=O)Cn1c2c(c3ccccc31)CCN(C(=O)O)C2. The molecule has 0 bridgehead atoms. The van der Waals surface area contributed by atoms with Crippen LogP contribution in [0.5, 0.6) is 0 Å². The van der Waals surface area contributed by atoms with E-state index < -0.39 is 12.0 Å². The van der Waals surface area contributed by atoms with Gasteiger partial charge in [0.25, 0.3) is 0 Å². The monoisotopic (exact) mass is 273 g/mol. The Bertz CT molecular complexity index is 705. The average Bonchev–Trinajstić information content (AvgIpc) is 2.73. The first-order valence-corrected chi connectivity index (χ1v) is 6.43. The summed E-state index contributed by atoms with van der Waals surface area (Å²) in [5.41, 5.74) is 8.24. The van der Waals surface area contributed by atoms with Gasteiger partial charge in [-0.25, -0.2) is 4.79 Å². The first-order valence-electron chi connectivity index (χ1n) is 6.43. The van der Waals surface area contributed by atoms with Gasteiger partial charge in [-0.05, 0) is 18.1 Å². The lowest BCUT2D eigenvalue weighted by Gasteiger charge is -2.25. The van der Waals surface area contributed by atoms with Crippen molar-refractivity contribution in [2.24, 2.45) is 5.73 Å². The number of rotatable bonds is 2. The minimum atomic E-state index is -0.938. The predicted octanol–water partition coefficient (Wildman–Crippen LogP) is 1.16. The Morgan fingerprint density at radius 1 is 1.30 bits per heavy atom. The van der Waals surface area contributed by atoms with Gasteiger partial charge in [-0.3, -0.25) is 4.79 Å². The number of fused-ring (bicyclic) bond motifs is 3. The summed E-state index contributed by atoms with van der Waals surface area (Å²) in [6.45, 7) is 0.850. The molecule has 20 heavy (non-hydrogen) atoms. The smallest absolute Gasteiger partial charge is 0.407 e. The topological polar surface area (TPSA) is 88.6 Å². The van der Waals surface area contributed by atoms with Crippen molar-refractivity contribution in [3.05, 3.63) is 35.5 Å². The van der Waals surface area contributed by atoms with Crippen molar-refractivity contribution in [3.8, 4) is 0 Å². The fourth-order valence-electron chi connectivity index (χ4n) is 2.89. The number of amides is 2. The van der Waals surface area contributed by atoms with Crippen LogP contribution in [0.2, 0.25) is 0 Å². The molecule has 1 aliphatic heterocycles. The molecule has 0 radical (unpaired) electrons. The van der Waals surface area contributed by atoms with Crippen LogP contribution in [0, 0.1) is 0 Å². The van der Waals surface area contributed by atoms with Crippen molar-refractivity contribution >= 4 is 22.9 Å². The fourth-order valence-corrected chi connectivity index (χ4v) is 2.89. The summed E-state index contributed by atoms with van der Waals surface area (Å²) in [5.74, 6) is -0.430. The average molecular weight is 273 g/mol. The number of hydrogen-bond donors (Lipinski definition) is 2. The zero-order valence-electron chi connectivity index (χ0n) is 10.9. The molecule has 6 heteroatoms. The summed E-state index contributed by atoms with van der Waals surface area (Å²) in [4.78, 5) is 23.8. The molecule has 1 aromatic heterocycles. The maximum absolute atomic E-state index is 11.3. The molecule has 0 unspecified atom stereocenters. The summed E-state index contributed by atoms with van der Waals surface area (Å²) in [6.07, 6.45) is -0.278. The lowest BCUT2D eigenvalue weighted by molar-refractivity contribution is -0.118. The second kappa shape index (κ2) is 4.56. The van der Waals surface area contributed by atoms with Crippen LogP contribution in [0.15, 0.2) is 24.3 Å². The largest absolute Gasteiger partial charge is 0.465 e. The number of nitrogens with zero attached hydrogens (tertiary/aromatic N) is 2. The molecule has 104 valence electrons. The Labute approximate surface area is 115 Å². The molecule has 1 aromatic carbocycles. The highest BCUT2D eigenvalue weighted by Crippen LogP contribution is 2.30. The molecule has 0 saturated heterocycles. The van der Waals surface area contributed by atoms with Gasteiger partial charge in [0, 0.05) is 23.1 Å². The Hall–Kier alpha value is -2.50. The number of benzene rings is 1. The minimum Gasteiger partial charge on any atom is -0.465 e. The van der Waals surface area contributed by atoms with Crippen LogP contribution >= 0.6 is 0 Å². The highest BCUT2D eigenvalue weighted by atomic mass is 16.4. The van der Waals surface area contributed by atoms with E-state index in [4.69, 9.17) is 10.8 Å². The lowest BCUT2D eigenvalue weighted by atomic mass is 10.0. The van der Waals surface area contributed by atoms with Crippen LogP contribution < -0.4 is 5.73 Å². The van der Waals surface area contributed by atoms with Crippen LogP contribution in [-0.4, -0.2) is 33.1 Å². The van der Waals surface area contributed by atoms with Gasteiger partial charge in [-0.15, -0.1) is 0 Å². The van der Waals surface area contributed by atoms with E-state index in [1.165, 1.54) is 4.90 Å². The molecule has 0 saturated carbocycles. The Kier molecular flexibility index (Phi) is 2.85. The van der Waals surface area contributed by atoms with Crippen molar-refractivity contribution < 1.29 is 14.7 Å². The Morgan fingerprint density at radius 2 is 2.05 bits per heavy atom. The summed E-state index contributed by atoms with van der Waals surface area (Å²) < 4.78 is 1.84. The van der Waals surface area contributed by atoms with Crippen LogP contribution in [0.3, 0.4) is 0 Å². The summed E-state index contributed by atoms with van der Waals surface area (Å²) in [5, 5.41) is 10.2. The number of nitrogens with two attached hydrogens (primary N) is 1. The zero-order valence-corrected chi connectivity index (χ0v) is 10.9. The number of primary amides is 1. The lowest BCUT2D eigenvalue weighted by Crippen LogP contribution is -2.36. The van der Waals surface area contributed by atoms with E-state index in [1.807, 2.05) is 28.8 Å². The first-order chi connectivity index (χ1) is 9.58. The Morgan fingerprint density at radius 3 is 2.75 bits per heavy atom. The van der Waals surface area contributed by atoms with Gasteiger partial charge in [-0.2, -0.15) is 0 Å². The third kappa shape index (κ3) is 1.89. The van der Waals surface area contributed by atoms with E-state index in [1.54, 1.807) is 0 Å². The van der Waals surface area contributed by atoms with Gasteiger partial charge in [-0.1, -0.05) is 18.2 Å². The third-order valence-electron chi connectivity index (χ3n) is 3.75. The van der Waals surface area contributed by atoms with Gasteiger partial charge in [0.05, 0.1) is 6.54 Å². The van der Waals surface area contributed by atoms with E-state index in [9.17, 15) is 9.59 Å². The summed E-state index contributed by atoms with van der Waals surface area (Å²) in [7, 11) is 0. The van der Waals surface area contributed by atoms with E-state index in [-0.39, 0.29) is 6.54 Å². The second-order valence-corrected chi connectivity index (χ2v) is 4.95. The molecular weight excluding hydrogens is 258 g/mol. The van der Waals surface area contributed by atoms with E-state index in [2.05, 4.69) is 0 Å². The normalized spacial score (nSPS) is 14.3. The molecule has 0 fully saturated rings. The second-order valence-electron chi connectivity index (χ2n) is 4.95. The van der Waals surface area contributed by atoms with Gasteiger partial charge < -0.3 is 20.3 Å². The molecule has 0 aliphatic carbocycles. The van der Waals surface area contributed by atoms with Crippen LogP contribution in [0.25, 0.3) is 10.9 Å². The number of para-hydroxylation sites is 1. The zero-order chi connectivity index (χ0) is 14.3. The van der Waals surface area contributed by atoms with Gasteiger partial charge in [0.1, 0.15) is 6.54 Å². The molecule has 2 amide bonds. The number of carbonyl (C=O) groups is 2. The van der Waals surface area contributed by atoms with Crippen molar-refractivity contribution in [1.29, 1.82) is 0 Å². The quantitative estimate of drug-likeness (QED) is 0.860. The van der Waals surface area contributed by atoms with Crippen molar-refractivity contribution in [2.75, 3.05) is 6.54 Å². The van der Waals surface area contributed by atoms with Crippen molar-refractivity contribution in [3.63, 3.8) is 0 Å². The van der Waals surface area contributed by atoms with Crippen LogP contribution in [0.1, 0.15) is 11.3 Å². The molecule has 6 nitrogen and oxygen atoms in total. The standard InChI is InChI=1S/C14H15N3O3/c15-13(18)8-17-11-4-2-1-3-9(11)10-5-6-16(14(19)20)7-12(10)17/h1-4H,5-8H2,(H2,15,18)(H,19,20). The van der Waals surface area contributed by atoms with Gasteiger partial charge in [0.15, 0.2) is 0 Å². The number of hydrogen-bond acceptors (Lipinski definition) is 2. The number of aromatic nitrogens is 1. The van der Waals surface area contributed by atoms with Crippen molar-refractivity contribution in [2.45, 2.75) is 19.5 Å². The maximum Gasteiger partial charge on any atom is 0.407 e. The Balaban J connectivity index is 2.17. The van der Waals surface area contributed by atoms with Crippen LogP contribution in [0.4, 0.5) is 4.79 Å². The molecule has 3 rings (SSSR count). The molecule has 0 spiro atoms. The molecular formula is C14H15N3O3. The first kappa shape index (κ1) is 12.5. The maximum atomic E-state index is 11.3.